The molecule has 2 aromatic rings. The summed E-state index contributed by atoms with van der Waals surface area (Å²) < 4.78 is 0.835. The molecule has 4 heteroatoms. The van der Waals surface area contributed by atoms with Crippen LogP contribution in [0, 0.1) is 6.92 Å². The molecule has 82 valence electrons. The van der Waals surface area contributed by atoms with Gasteiger partial charge < -0.3 is 0 Å². The minimum atomic E-state index is 0.00752. The molecular weight excluding hydrogens is 308 g/mol. The SMILES string of the molecule is Cc1c(Cl)cccc1C(=O)c1cscc1Br. The van der Waals surface area contributed by atoms with Crippen LogP contribution < -0.4 is 0 Å². The molecule has 0 unspecified atom stereocenters. The summed E-state index contributed by atoms with van der Waals surface area (Å²) in [4.78, 5) is 12.2. The fraction of sp³-hybridized carbons (Fsp3) is 0.0833. The zero-order chi connectivity index (χ0) is 11.7. The normalized spacial score (nSPS) is 10.4. The molecule has 0 radical (unpaired) electrons. The summed E-state index contributed by atoms with van der Waals surface area (Å²) in [5.74, 6) is 0.00752. The van der Waals surface area contributed by atoms with E-state index in [2.05, 4.69) is 15.9 Å². The predicted octanol–water partition coefficient (Wildman–Crippen LogP) is 4.70. The lowest BCUT2D eigenvalue weighted by Gasteiger charge is -2.05. The second-order valence-electron chi connectivity index (χ2n) is 3.37. The number of hydrogen-bond donors (Lipinski definition) is 0. The molecule has 1 nitrogen and oxygen atoms in total. The second-order valence-corrected chi connectivity index (χ2v) is 5.38. The maximum atomic E-state index is 12.2. The van der Waals surface area contributed by atoms with E-state index in [4.69, 9.17) is 11.6 Å². The van der Waals surface area contributed by atoms with Crippen molar-refractivity contribution in [2.75, 3.05) is 0 Å². The van der Waals surface area contributed by atoms with E-state index in [1.807, 2.05) is 17.7 Å². The van der Waals surface area contributed by atoms with Gasteiger partial charge in [0.25, 0.3) is 0 Å². The third-order valence-corrected chi connectivity index (χ3v) is 4.48. The maximum absolute atomic E-state index is 12.2. The van der Waals surface area contributed by atoms with Gasteiger partial charge in [-0.3, -0.25) is 4.79 Å². The van der Waals surface area contributed by atoms with Gasteiger partial charge in [-0.25, -0.2) is 0 Å². The van der Waals surface area contributed by atoms with E-state index in [0.717, 1.165) is 10.0 Å². The van der Waals surface area contributed by atoms with E-state index in [1.54, 1.807) is 18.2 Å². The van der Waals surface area contributed by atoms with E-state index in [-0.39, 0.29) is 5.78 Å². The molecular formula is C12H8BrClOS. The Labute approximate surface area is 111 Å². The lowest BCUT2D eigenvalue weighted by molar-refractivity contribution is 0.103. The number of carbonyl (C=O) groups is 1. The average molecular weight is 316 g/mol. The van der Waals surface area contributed by atoms with Crippen LogP contribution in [0.2, 0.25) is 5.02 Å². The first kappa shape index (κ1) is 11.8. The van der Waals surface area contributed by atoms with Crippen molar-refractivity contribution < 1.29 is 4.79 Å². The smallest absolute Gasteiger partial charge is 0.195 e. The molecule has 0 bridgehead atoms. The van der Waals surface area contributed by atoms with Crippen molar-refractivity contribution in [3.05, 3.63) is 55.1 Å². The molecule has 0 N–H and O–H groups in total. The Morgan fingerprint density at radius 1 is 1.31 bits per heavy atom. The van der Waals surface area contributed by atoms with Crippen molar-refractivity contribution in [1.29, 1.82) is 0 Å². The van der Waals surface area contributed by atoms with Crippen molar-refractivity contribution in [3.63, 3.8) is 0 Å². The summed E-state index contributed by atoms with van der Waals surface area (Å²) in [5.41, 5.74) is 2.18. The van der Waals surface area contributed by atoms with Gasteiger partial charge in [0, 0.05) is 31.4 Å². The molecule has 0 aliphatic rings. The summed E-state index contributed by atoms with van der Waals surface area (Å²) >= 11 is 10.9. The number of carbonyl (C=O) groups excluding carboxylic acids is 1. The van der Waals surface area contributed by atoms with Gasteiger partial charge in [0.15, 0.2) is 5.78 Å². The van der Waals surface area contributed by atoms with Crippen LogP contribution in [0.15, 0.2) is 33.4 Å². The van der Waals surface area contributed by atoms with Crippen LogP contribution in [0.25, 0.3) is 0 Å². The van der Waals surface area contributed by atoms with Gasteiger partial charge >= 0.3 is 0 Å². The summed E-state index contributed by atoms with van der Waals surface area (Å²) in [5, 5.41) is 4.36. The summed E-state index contributed by atoms with van der Waals surface area (Å²) in [6.07, 6.45) is 0. The third-order valence-electron chi connectivity index (χ3n) is 2.37. The van der Waals surface area contributed by atoms with Crippen LogP contribution in [0.1, 0.15) is 21.5 Å². The van der Waals surface area contributed by atoms with Gasteiger partial charge in [0.2, 0.25) is 0 Å². The number of thiophene rings is 1. The zero-order valence-corrected chi connectivity index (χ0v) is 11.6. The minimum Gasteiger partial charge on any atom is -0.289 e. The van der Waals surface area contributed by atoms with Gasteiger partial charge in [-0.05, 0) is 34.5 Å². The fourth-order valence-electron chi connectivity index (χ4n) is 1.44. The topological polar surface area (TPSA) is 17.1 Å². The van der Waals surface area contributed by atoms with E-state index < -0.39 is 0 Å². The Bertz CT molecular complexity index is 548. The van der Waals surface area contributed by atoms with Gasteiger partial charge in [0.1, 0.15) is 0 Å². The molecule has 0 saturated heterocycles. The molecule has 0 spiro atoms. The number of hydrogen-bond acceptors (Lipinski definition) is 2. The Morgan fingerprint density at radius 2 is 2.06 bits per heavy atom. The molecule has 0 aliphatic carbocycles. The molecule has 0 aliphatic heterocycles. The van der Waals surface area contributed by atoms with Gasteiger partial charge in [-0.15, -0.1) is 0 Å². The largest absolute Gasteiger partial charge is 0.289 e. The van der Waals surface area contributed by atoms with E-state index in [9.17, 15) is 4.79 Å². The molecule has 1 heterocycles. The van der Waals surface area contributed by atoms with E-state index >= 15 is 0 Å². The minimum absolute atomic E-state index is 0.00752. The van der Waals surface area contributed by atoms with Crippen LogP contribution in [0.4, 0.5) is 0 Å². The van der Waals surface area contributed by atoms with Crippen molar-refractivity contribution >= 4 is 44.7 Å². The summed E-state index contributed by atoms with van der Waals surface area (Å²) in [6, 6.07) is 5.38. The number of halogens is 2. The Morgan fingerprint density at radius 3 is 2.69 bits per heavy atom. The fourth-order valence-corrected chi connectivity index (χ4v) is 3.07. The number of benzene rings is 1. The van der Waals surface area contributed by atoms with Crippen LogP contribution in [0.3, 0.4) is 0 Å². The lowest BCUT2D eigenvalue weighted by Crippen LogP contribution is -2.03. The first-order chi connectivity index (χ1) is 7.61. The van der Waals surface area contributed by atoms with Crippen molar-refractivity contribution in [2.45, 2.75) is 6.92 Å². The van der Waals surface area contributed by atoms with Crippen LogP contribution in [-0.2, 0) is 0 Å². The number of rotatable bonds is 2. The van der Waals surface area contributed by atoms with Crippen LogP contribution in [0.5, 0.6) is 0 Å². The van der Waals surface area contributed by atoms with Crippen molar-refractivity contribution in [1.82, 2.24) is 0 Å². The molecule has 2 rings (SSSR count). The Hall–Kier alpha value is -0.640. The first-order valence-electron chi connectivity index (χ1n) is 4.62. The monoisotopic (exact) mass is 314 g/mol. The molecule has 1 aromatic heterocycles. The summed E-state index contributed by atoms with van der Waals surface area (Å²) in [6.45, 7) is 1.86. The van der Waals surface area contributed by atoms with Gasteiger partial charge in [0.05, 0.1) is 0 Å². The third kappa shape index (κ3) is 2.08. The zero-order valence-electron chi connectivity index (χ0n) is 8.46. The van der Waals surface area contributed by atoms with Crippen molar-refractivity contribution in [3.8, 4) is 0 Å². The standard InChI is InChI=1S/C12H8BrClOS/c1-7-8(3-2-4-11(7)14)12(15)9-5-16-6-10(9)13/h2-6H,1H3. The van der Waals surface area contributed by atoms with Crippen LogP contribution >= 0.6 is 38.9 Å². The van der Waals surface area contributed by atoms with E-state index in [1.165, 1.54) is 11.3 Å². The highest BCUT2D eigenvalue weighted by atomic mass is 79.9. The first-order valence-corrected chi connectivity index (χ1v) is 6.74. The highest BCUT2D eigenvalue weighted by Gasteiger charge is 2.16. The summed E-state index contributed by atoms with van der Waals surface area (Å²) in [7, 11) is 0. The molecule has 0 saturated carbocycles. The second kappa shape index (κ2) is 4.70. The molecule has 16 heavy (non-hydrogen) atoms. The van der Waals surface area contributed by atoms with Crippen LogP contribution in [-0.4, -0.2) is 5.78 Å². The Balaban J connectivity index is 2.50. The highest BCUT2D eigenvalue weighted by Crippen LogP contribution is 2.27. The molecule has 1 aromatic carbocycles. The number of ketones is 1. The molecule has 0 atom stereocenters. The lowest BCUT2D eigenvalue weighted by atomic mass is 10.0. The van der Waals surface area contributed by atoms with Gasteiger partial charge in [-0.1, -0.05) is 23.7 Å². The molecule has 0 amide bonds. The average Bonchev–Trinajstić information content (AvgIpc) is 2.68. The Kier molecular flexibility index (Phi) is 3.47. The molecule has 0 fully saturated rings. The predicted molar refractivity (Wildman–Crippen MR) is 71.6 cm³/mol. The quantitative estimate of drug-likeness (QED) is 0.734. The van der Waals surface area contributed by atoms with E-state index in [0.29, 0.717) is 16.1 Å². The maximum Gasteiger partial charge on any atom is 0.195 e. The van der Waals surface area contributed by atoms with Crippen molar-refractivity contribution in [2.24, 2.45) is 0 Å². The van der Waals surface area contributed by atoms with Gasteiger partial charge in [-0.2, -0.15) is 11.3 Å². The highest BCUT2D eigenvalue weighted by molar-refractivity contribution is 9.10.